The second-order valence-electron chi connectivity index (χ2n) is 2.64. The third kappa shape index (κ3) is 4.21. The molecule has 0 amide bonds. The molecule has 6 heteroatoms. The zero-order valence-electron chi connectivity index (χ0n) is 7.08. The van der Waals surface area contributed by atoms with Gasteiger partial charge in [-0.15, -0.1) is 11.3 Å². The van der Waals surface area contributed by atoms with Crippen molar-refractivity contribution in [1.82, 2.24) is 4.72 Å². The molecular weight excluding hydrogens is 274 g/mol. The van der Waals surface area contributed by atoms with Gasteiger partial charge in [0.15, 0.2) is 0 Å². The van der Waals surface area contributed by atoms with E-state index in [0.717, 1.165) is 22.0 Å². The van der Waals surface area contributed by atoms with Gasteiger partial charge in [0.1, 0.15) is 0 Å². The Labute approximate surface area is 90.3 Å². The summed E-state index contributed by atoms with van der Waals surface area (Å²) >= 11 is 4.99. The number of hydrogen-bond acceptors (Lipinski definition) is 3. The molecule has 0 unspecified atom stereocenters. The van der Waals surface area contributed by atoms with Crippen molar-refractivity contribution in [2.75, 3.05) is 12.8 Å². The van der Waals surface area contributed by atoms with Crippen molar-refractivity contribution in [3.8, 4) is 0 Å². The van der Waals surface area contributed by atoms with Crippen molar-refractivity contribution in [2.24, 2.45) is 0 Å². The molecule has 1 N–H and O–H groups in total. The Morgan fingerprint density at radius 3 is 2.77 bits per heavy atom. The molecule has 13 heavy (non-hydrogen) atoms. The SMILES string of the molecule is CS(=O)(=O)NCCc1ccsc1Br. The highest BCUT2D eigenvalue weighted by atomic mass is 79.9. The van der Waals surface area contributed by atoms with Gasteiger partial charge in [0.2, 0.25) is 10.0 Å². The van der Waals surface area contributed by atoms with E-state index < -0.39 is 10.0 Å². The lowest BCUT2D eigenvalue weighted by Gasteiger charge is -2.00. The highest BCUT2D eigenvalue weighted by molar-refractivity contribution is 9.11. The van der Waals surface area contributed by atoms with Gasteiger partial charge in [0.05, 0.1) is 10.0 Å². The summed E-state index contributed by atoms with van der Waals surface area (Å²) < 4.78 is 25.0. The number of sulfonamides is 1. The highest BCUT2D eigenvalue weighted by Crippen LogP contribution is 2.23. The first-order valence-electron chi connectivity index (χ1n) is 3.65. The molecule has 0 fully saturated rings. The van der Waals surface area contributed by atoms with Gasteiger partial charge in [-0.05, 0) is 39.4 Å². The molecular formula is C7H10BrNO2S2. The van der Waals surface area contributed by atoms with Crippen LogP contribution in [-0.2, 0) is 16.4 Å². The average Bonchev–Trinajstić information content (AvgIpc) is 2.34. The summed E-state index contributed by atoms with van der Waals surface area (Å²) in [6.07, 6.45) is 1.88. The largest absolute Gasteiger partial charge is 0.215 e. The maximum absolute atomic E-state index is 10.7. The van der Waals surface area contributed by atoms with Crippen LogP contribution in [0, 0.1) is 0 Å². The normalized spacial score (nSPS) is 11.8. The van der Waals surface area contributed by atoms with Crippen molar-refractivity contribution < 1.29 is 8.42 Å². The molecule has 1 rings (SSSR count). The maximum Gasteiger partial charge on any atom is 0.208 e. The van der Waals surface area contributed by atoms with Crippen LogP contribution in [0.2, 0.25) is 0 Å². The fourth-order valence-corrected chi connectivity index (χ4v) is 2.67. The molecule has 0 bridgehead atoms. The van der Waals surface area contributed by atoms with Crippen LogP contribution in [0.15, 0.2) is 15.2 Å². The van der Waals surface area contributed by atoms with Crippen LogP contribution in [-0.4, -0.2) is 21.2 Å². The smallest absolute Gasteiger partial charge is 0.208 e. The van der Waals surface area contributed by atoms with E-state index in [-0.39, 0.29) is 0 Å². The molecule has 0 aliphatic carbocycles. The molecule has 1 heterocycles. The highest BCUT2D eigenvalue weighted by Gasteiger charge is 2.03. The fourth-order valence-electron chi connectivity index (χ4n) is 0.870. The van der Waals surface area contributed by atoms with Gasteiger partial charge >= 0.3 is 0 Å². The maximum atomic E-state index is 10.7. The third-order valence-corrected chi connectivity index (χ3v) is 3.99. The lowest BCUT2D eigenvalue weighted by molar-refractivity contribution is 0.588. The van der Waals surface area contributed by atoms with Crippen LogP contribution in [0.5, 0.6) is 0 Å². The molecule has 1 aromatic heterocycles. The van der Waals surface area contributed by atoms with E-state index in [9.17, 15) is 8.42 Å². The number of nitrogens with one attached hydrogen (secondary N) is 1. The Balaban J connectivity index is 2.41. The predicted molar refractivity (Wildman–Crippen MR) is 58.6 cm³/mol. The molecule has 0 saturated carbocycles. The molecule has 0 atom stereocenters. The lowest BCUT2D eigenvalue weighted by Crippen LogP contribution is -2.24. The van der Waals surface area contributed by atoms with E-state index in [2.05, 4.69) is 20.7 Å². The van der Waals surface area contributed by atoms with Crippen molar-refractivity contribution in [3.05, 3.63) is 20.8 Å². The monoisotopic (exact) mass is 283 g/mol. The van der Waals surface area contributed by atoms with Crippen LogP contribution in [0.3, 0.4) is 0 Å². The van der Waals surface area contributed by atoms with E-state index in [1.165, 1.54) is 0 Å². The molecule has 74 valence electrons. The molecule has 3 nitrogen and oxygen atoms in total. The zero-order chi connectivity index (χ0) is 9.90. The summed E-state index contributed by atoms with van der Waals surface area (Å²) in [4.78, 5) is 0. The van der Waals surface area contributed by atoms with Crippen LogP contribution in [0.25, 0.3) is 0 Å². The Morgan fingerprint density at radius 1 is 1.62 bits per heavy atom. The molecule has 0 spiro atoms. The number of halogens is 1. The standard InChI is InChI=1S/C7H10BrNO2S2/c1-13(10,11)9-4-2-6-3-5-12-7(6)8/h3,5,9H,2,4H2,1H3. The van der Waals surface area contributed by atoms with Gasteiger partial charge in [-0.3, -0.25) is 0 Å². The summed E-state index contributed by atoms with van der Waals surface area (Å²) in [5, 5.41) is 1.97. The number of thiophene rings is 1. The quantitative estimate of drug-likeness (QED) is 0.913. The average molecular weight is 284 g/mol. The number of rotatable bonds is 4. The van der Waals surface area contributed by atoms with Crippen molar-refractivity contribution >= 4 is 37.3 Å². The van der Waals surface area contributed by atoms with Crippen LogP contribution in [0.1, 0.15) is 5.56 Å². The van der Waals surface area contributed by atoms with Crippen LogP contribution < -0.4 is 4.72 Å². The van der Waals surface area contributed by atoms with E-state index in [1.54, 1.807) is 11.3 Å². The molecule has 0 aromatic carbocycles. The molecule has 0 aliphatic rings. The van der Waals surface area contributed by atoms with Gasteiger partial charge in [-0.1, -0.05) is 0 Å². The second-order valence-corrected chi connectivity index (χ2v) is 6.70. The summed E-state index contributed by atoms with van der Waals surface area (Å²) in [5.74, 6) is 0. The Kier molecular flexibility index (Phi) is 3.90. The van der Waals surface area contributed by atoms with Crippen molar-refractivity contribution in [1.29, 1.82) is 0 Å². The van der Waals surface area contributed by atoms with E-state index in [1.807, 2.05) is 11.4 Å². The Morgan fingerprint density at radius 2 is 2.31 bits per heavy atom. The molecule has 0 radical (unpaired) electrons. The molecule has 0 saturated heterocycles. The van der Waals surface area contributed by atoms with E-state index in [4.69, 9.17) is 0 Å². The van der Waals surface area contributed by atoms with Gasteiger partial charge < -0.3 is 0 Å². The van der Waals surface area contributed by atoms with Crippen molar-refractivity contribution in [2.45, 2.75) is 6.42 Å². The predicted octanol–water partition coefficient (Wildman–Crippen LogP) is 1.60. The Bertz CT molecular complexity index is 372. The molecule has 1 aromatic rings. The van der Waals surface area contributed by atoms with E-state index in [0.29, 0.717) is 6.54 Å². The summed E-state index contributed by atoms with van der Waals surface area (Å²) in [5.41, 5.74) is 1.14. The minimum Gasteiger partial charge on any atom is -0.215 e. The van der Waals surface area contributed by atoms with Gasteiger partial charge in [0, 0.05) is 6.54 Å². The summed E-state index contributed by atoms with van der Waals surface area (Å²) in [7, 11) is -3.05. The van der Waals surface area contributed by atoms with Gasteiger partial charge in [0.25, 0.3) is 0 Å². The van der Waals surface area contributed by atoms with Gasteiger partial charge in [-0.25, -0.2) is 13.1 Å². The van der Waals surface area contributed by atoms with Crippen LogP contribution >= 0.6 is 27.3 Å². The first-order valence-corrected chi connectivity index (χ1v) is 7.22. The first-order chi connectivity index (χ1) is 5.99. The zero-order valence-corrected chi connectivity index (χ0v) is 10.3. The second kappa shape index (κ2) is 4.54. The third-order valence-electron chi connectivity index (χ3n) is 1.45. The number of hydrogen-bond donors (Lipinski definition) is 1. The minimum absolute atomic E-state index is 0.453. The lowest BCUT2D eigenvalue weighted by atomic mass is 10.2. The Hall–Kier alpha value is 0.0900. The van der Waals surface area contributed by atoms with E-state index >= 15 is 0 Å². The minimum atomic E-state index is -3.05. The summed E-state index contributed by atoms with van der Waals surface area (Å²) in [6, 6.07) is 1.98. The van der Waals surface area contributed by atoms with Crippen molar-refractivity contribution in [3.63, 3.8) is 0 Å². The van der Waals surface area contributed by atoms with Gasteiger partial charge in [-0.2, -0.15) is 0 Å². The van der Waals surface area contributed by atoms with Crippen LogP contribution in [0.4, 0.5) is 0 Å². The first kappa shape index (κ1) is 11.2. The fraction of sp³-hybridized carbons (Fsp3) is 0.429. The summed E-state index contributed by atoms with van der Waals surface area (Å²) in [6.45, 7) is 0.453. The molecule has 0 aliphatic heterocycles. The topological polar surface area (TPSA) is 46.2 Å².